The number of methoxy groups -OCH3 is 2. The number of ether oxygens (including phenoxy) is 2. The van der Waals surface area contributed by atoms with E-state index in [1.807, 2.05) is 24.3 Å². The van der Waals surface area contributed by atoms with E-state index in [-0.39, 0.29) is 0 Å². The Morgan fingerprint density at radius 1 is 1.04 bits per heavy atom. The Kier molecular flexibility index (Phi) is 4.72. The molecule has 0 bridgehead atoms. The summed E-state index contributed by atoms with van der Waals surface area (Å²) in [5, 5.41) is 8.92. The van der Waals surface area contributed by atoms with Gasteiger partial charge in [0.15, 0.2) is 5.16 Å². The Morgan fingerprint density at radius 2 is 1.87 bits per heavy atom. The molecule has 2 heterocycles. The first-order chi connectivity index (χ1) is 11.3. The average molecular weight is 330 g/mol. The standard InChI is InChI=1S/C15H14N4O3S/c1-20-11-5-3-10(4-6-11)9-13-18-19-15(22-13)23-14-16-8-7-12(17-14)21-2/h3-8H,9H2,1-2H3. The monoisotopic (exact) mass is 330 g/mol. The molecule has 0 aliphatic carbocycles. The summed E-state index contributed by atoms with van der Waals surface area (Å²) < 4.78 is 15.8. The molecule has 7 nitrogen and oxygen atoms in total. The summed E-state index contributed by atoms with van der Waals surface area (Å²) in [6.45, 7) is 0. The Morgan fingerprint density at radius 3 is 2.61 bits per heavy atom. The minimum atomic E-state index is 0.391. The Labute approximate surface area is 137 Å². The molecule has 0 N–H and O–H groups in total. The van der Waals surface area contributed by atoms with Gasteiger partial charge in [-0.1, -0.05) is 12.1 Å². The zero-order valence-electron chi connectivity index (χ0n) is 12.6. The van der Waals surface area contributed by atoms with Gasteiger partial charge in [0, 0.05) is 24.0 Å². The van der Waals surface area contributed by atoms with Crippen molar-refractivity contribution in [3.8, 4) is 11.6 Å². The second-order valence-electron chi connectivity index (χ2n) is 4.47. The van der Waals surface area contributed by atoms with Gasteiger partial charge in [-0.3, -0.25) is 0 Å². The van der Waals surface area contributed by atoms with Crippen LogP contribution >= 0.6 is 11.8 Å². The van der Waals surface area contributed by atoms with Gasteiger partial charge in [-0.05, 0) is 17.7 Å². The van der Waals surface area contributed by atoms with Crippen molar-refractivity contribution in [3.63, 3.8) is 0 Å². The predicted molar refractivity (Wildman–Crippen MR) is 82.8 cm³/mol. The van der Waals surface area contributed by atoms with Gasteiger partial charge in [0.25, 0.3) is 5.22 Å². The van der Waals surface area contributed by atoms with Crippen molar-refractivity contribution in [1.82, 2.24) is 20.2 Å². The van der Waals surface area contributed by atoms with Gasteiger partial charge < -0.3 is 13.9 Å². The van der Waals surface area contributed by atoms with Crippen LogP contribution in [-0.2, 0) is 6.42 Å². The zero-order valence-corrected chi connectivity index (χ0v) is 13.4. The van der Waals surface area contributed by atoms with E-state index < -0.39 is 0 Å². The third-order valence-corrected chi connectivity index (χ3v) is 3.68. The fraction of sp³-hybridized carbons (Fsp3) is 0.200. The van der Waals surface area contributed by atoms with Crippen molar-refractivity contribution in [2.24, 2.45) is 0 Å². The lowest BCUT2D eigenvalue weighted by molar-refractivity contribution is 0.391. The lowest BCUT2D eigenvalue weighted by Crippen LogP contribution is -1.90. The molecule has 0 atom stereocenters. The molecule has 2 aromatic heterocycles. The van der Waals surface area contributed by atoms with Crippen LogP contribution in [-0.4, -0.2) is 34.4 Å². The molecule has 0 aliphatic rings. The molecule has 0 amide bonds. The number of hydrogen-bond donors (Lipinski definition) is 0. The minimum absolute atomic E-state index is 0.391. The van der Waals surface area contributed by atoms with E-state index in [9.17, 15) is 0 Å². The number of aromatic nitrogens is 4. The maximum absolute atomic E-state index is 5.61. The van der Waals surface area contributed by atoms with Crippen molar-refractivity contribution in [3.05, 3.63) is 48.0 Å². The van der Waals surface area contributed by atoms with Gasteiger partial charge in [-0.2, -0.15) is 4.98 Å². The minimum Gasteiger partial charge on any atom is -0.497 e. The van der Waals surface area contributed by atoms with Crippen LogP contribution in [0.3, 0.4) is 0 Å². The summed E-state index contributed by atoms with van der Waals surface area (Å²) in [5.41, 5.74) is 1.06. The summed E-state index contributed by atoms with van der Waals surface area (Å²) >= 11 is 1.19. The van der Waals surface area contributed by atoms with Crippen molar-refractivity contribution in [1.29, 1.82) is 0 Å². The fourth-order valence-electron chi connectivity index (χ4n) is 1.84. The van der Waals surface area contributed by atoms with E-state index in [0.29, 0.717) is 28.6 Å². The van der Waals surface area contributed by atoms with Crippen LogP contribution in [0.4, 0.5) is 0 Å². The molecule has 0 unspecified atom stereocenters. The molecule has 3 aromatic rings. The first-order valence-corrected chi connectivity index (χ1v) is 7.58. The smallest absolute Gasteiger partial charge is 0.284 e. The third kappa shape index (κ3) is 3.98. The first kappa shape index (κ1) is 15.3. The van der Waals surface area contributed by atoms with Crippen LogP contribution in [0, 0.1) is 0 Å². The molecule has 0 radical (unpaired) electrons. The second-order valence-corrected chi connectivity index (χ2v) is 5.39. The number of benzene rings is 1. The fourth-order valence-corrected chi connectivity index (χ4v) is 2.46. The van der Waals surface area contributed by atoms with Crippen LogP contribution in [0.25, 0.3) is 0 Å². The first-order valence-electron chi connectivity index (χ1n) is 6.77. The topological polar surface area (TPSA) is 83.2 Å². The van der Waals surface area contributed by atoms with E-state index in [0.717, 1.165) is 11.3 Å². The Bertz CT molecular complexity index is 776. The van der Waals surface area contributed by atoms with Crippen LogP contribution in [0.2, 0.25) is 0 Å². The molecule has 0 spiro atoms. The van der Waals surface area contributed by atoms with Crippen LogP contribution < -0.4 is 9.47 Å². The van der Waals surface area contributed by atoms with Gasteiger partial charge in [0.2, 0.25) is 11.8 Å². The molecule has 3 rings (SSSR count). The lowest BCUT2D eigenvalue weighted by atomic mass is 10.1. The molecule has 0 saturated carbocycles. The molecule has 1 aromatic carbocycles. The van der Waals surface area contributed by atoms with Crippen molar-refractivity contribution in [2.75, 3.05) is 14.2 Å². The van der Waals surface area contributed by atoms with Crippen LogP contribution in [0.1, 0.15) is 11.5 Å². The second kappa shape index (κ2) is 7.10. The van der Waals surface area contributed by atoms with Crippen LogP contribution in [0.5, 0.6) is 11.6 Å². The summed E-state index contributed by atoms with van der Waals surface area (Å²) in [7, 11) is 3.19. The predicted octanol–water partition coefficient (Wildman–Crippen LogP) is 2.62. The largest absolute Gasteiger partial charge is 0.497 e. The summed E-state index contributed by atoms with van der Waals surface area (Å²) in [4.78, 5) is 8.31. The highest BCUT2D eigenvalue weighted by atomic mass is 32.2. The van der Waals surface area contributed by atoms with Gasteiger partial charge in [0.05, 0.1) is 20.6 Å². The Hall–Kier alpha value is -2.61. The zero-order chi connectivity index (χ0) is 16.1. The summed E-state index contributed by atoms with van der Waals surface area (Å²) in [5.74, 6) is 1.83. The molecule has 118 valence electrons. The quantitative estimate of drug-likeness (QED) is 0.638. The SMILES string of the molecule is COc1ccc(Cc2nnc(Sc3nccc(OC)n3)o2)cc1. The Balaban J connectivity index is 1.67. The van der Waals surface area contributed by atoms with Crippen molar-refractivity contribution in [2.45, 2.75) is 16.8 Å². The van der Waals surface area contributed by atoms with E-state index >= 15 is 0 Å². The van der Waals surface area contributed by atoms with Crippen LogP contribution in [0.15, 0.2) is 51.3 Å². The third-order valence-electron chi connectivity index (χ3n) is 2.96. The molecular weight excluding hydrogens is 316 g/mol. The molecule has 0 saturated heterocycles. The summed E-state index contributed by atoms with van der Waals surface area (Å²) in [6, 6.07) is 9.38. The van der Waals surface area contributed by atoms with E-state index in [2.05, 4.69) is 20.2 Å². The van der Waals surface area contributed by atoms with Gasteiger partial charge in [-0.15, -0.1) is 10.2 Å². The van der Waals surface area contributed by atoms with Gasteiger partial charge in [-0.25, -0.2) is 4.98 Å². The summed E-state index contributed by atoms with van der Waals surface area (Å²) in [6.07, 6.45) is 2.17. The van der Waals surface area contributed by atoms with Gasteiger partial charge in [0.1, 0.15) is 5.75 Å². The molecular formula is C15H14N4O3S. The van der Waals surface area contributed by atoms with Gasteiger partial charge >= 0.3 is 0 Å². The molecule has 8 heteroatoms. The molecule has 0 aliphatic heterocycles. The van der Waals surface area contributed by atoms with Crippen molar-refractivity contribution < 1.29 is 13.9 Å². The maximum Gasteiger partial charge on any atom is 0.284 e. The maximum atomic E-state index is 5.61. The number of nitrogens with zero attached hydrogens (tertiary/aromatic N) is 4. The average Bonchev–Trinajstić information content (AvgIpc) is 3.02. The number of rotatable bonds is 6. The number of hydrogen-bond acceptors (Lipinski definition) is 8. The normalized spacial score (nSPS) is 10.5. The highest BCUT2D eigenvalue weighted by Gasteiger charge is 2.11. The highest BCUT2D eigenvalue weighted by Crippen LogP contribution is 2.25. The van der Waals surface area contributed by atoms with E-state index in [4.69, 9.17) is 13.9 Å². The van der Waals surface area contributed by atoms with Crippen molar-refractivity contribution >= 4 is 11.8 Å². The molecule has 23 heavy (non-hydrogen) atoms. The molecule has 0 fully saturated rings. The lowest BCUT2D eigenvalue weighted by Gasteiger charge is -2.00. The van der Waals surface area contributed by atoms with E-state index in [1.54, 1.807) is 26.5 Å². The highest BCUT2D eigenvalue weighted by molar-refractivity contribution is 7.98. The van der Waals surface area contributed by atoms with E-state index in [1.165, 1.54) is 11.8 Å².